The Morgan fingerprint density at radius 3 is 1.46 bits per heavy atom. The van der Waals surface area contributed by atoms with Crippen molar-refractivity contribution in [2.24, 2.45) is 0 Å². The molecular weight excluding hydrogens is 338 g/mol. The van der Waals surface area contributed by atoms with Crippen LogP contribution in [0.2, 0.25) is 0 Å². The van der Waals surface area contributed by atoms with E-state index in [-0.39, 0.29) is 5.54 Å². The van der Waals surface area contributed by atoms with Crippen molar-refractivity contribution in [2.45, 2.75) is 130 Å². The molecule has 0 saturated carbocycles. The van der Waals surface area contributed by atoms with E-state index >= 15 is 0 Å². The predicted molar refractivity (Wildman–Crippen MR) is 127 cm³/mol. The fourth-order valence-electron chi connectivity index (χ4n) is 3.95. The molecule has 0 N–H and O–H groups in total. The molecule has 1 heteroatoms. The van der Waals surface area contributed by atoms with Crippen molar-refractivity contribution in [1.82, 2.24) is 4.90 Å². The minimum absolute atomic E-state index is 0.242. The van der Waals surface area contributed by atoms with Crippen molar-refractivity contribution in [1.29, 1.82) is 0 Å². The van der Waals surface area contributed by atoms with Crippen LogP contribution in [0.15, 0.2) is 30.3 Å². The van der Waals surface area contributed by atoms with E-state index < -0.39 is 0 Å². The second kappa shape index (κ2) is 16.0. The highest BCUT2D eigenvalue weighted by molar-refractivity contribution is 5.14. The number of nitrogens with zero attached hydrogens (tertiary/aromatic N) is 1. The van der Waals surface area contributed by atoms with Crippen molar-refractivity contribution in [2.75, 3.05) is 6.54 Å². The van der Waals surface area contributed by atoms with Gasteiger partial charge in [0.05, 0.1) is 0 Å². The van der Waals surface area contributed by atoms with Gasteiger partial charge in [0.1, 0.15) is 0 Å². The summed E-state index contributed by atoms with van der Waals surface area (Å²) in [7, 11) is 0. The van der Waals surface area contributed by atoms with Crippen LogP contribution in [0.1, 0.15) is 123 Å². The molecule has 0 aliphatic carbocycles. The van der Waals surface area contributed by atoms with Crippen LogP contribution in [-0.4, -0.2) is 17.0 Å². The Labute approximate surface area is 177 Å². The first-order valence-electron chi connectivity index (χ1n) is 12.3. The van der Waals surface area contributed by atoms with E-state index in [1.165, 1.54) is 102 Å². The molecule has 0 bridgehead atoms. The zero-order chi connectivity index (χ0) is 20.5. The van der Waals surface area contributed by atoms with E-state index in [1.54, 1.807) is 0 Å². The third-order valence-corrected chi connectivity index (χ3v) is 5.95. The molecule has 0 aliphatic heterocycles. The monoisotopic (exact) mass is 387 g/mol. The lowest BCUT2D eigenvalue weighted by Gasteiger charge is -2.36. The molecule has 0 aliphatic rings. The molecule has 0 heterocycles. The second-order valence-corrected chi connectivity index (χ2v) is 9.67. The van der Waals surface area contributed by atoms with Gasteiger partial charge in [0.15, 0.2) is 0 Å². The van der Waals surface area contributed by atoms with Crippen molar-refractivity contribution < 1.29 is 0 Å². The van der Waals surface area contributed by atoms with Crippen LogP contribution in [0, 0.1) is 0 Å². The van der Waals surface area contributed by atoms with E-state index in [1.807, 2.05) is 0 Å². The number of rotatable bonds is 17. The average molecular weight is 388 g/mol. The van der Waals surface area contributed by atoms with Crippen molar-refractivity contribution in [3.05, 3.63) is 35.9 Å². The van der Waals surface area contributed by atoms with Crippen molar-refractivity contribution in [3.8, 4) is 0 Å². The third kappa shape index (κ3) is 13.4. The second-order valence-electron chi connectivity index (χ2n) is 9.67. The number of benzene rings is 1. The van der Waals surface area contributed by atoms with Gasteiger partial charge in [0.25, 0.3) is 0 Å². The highest BCUT2D eigenvalue weighted by Gasteiger charge is 2.20. The van der Waals surface area contributed by atoms with E-state index in [4.69, 9.17) is 0 Å². The normalized spacial score (nSPS) is 12.0. The first-order chi connectivity index (χ1) is 13.5. The first kappa shape index (κ1) is 25.2. The summed E-state index contributed by atoms with van der Waals surface area (Å²) in [5.74, 6) is 0. The maximum absolute atomic E-state index is 2.64. The predicted octanol–water partition coefficient (Wildman–Crippen LogP) is 8.77. The fraction of sp³-hybridized carbons (Fsp3) is 0.778. The molecular formula is C27H49N. The van der Waals surface area contributed by atoms with E-state index in [2.05, 4.69) is 62.9 Å². The third-order valence-electron chi connectivity index (χ3n) is 5.95. The summed E-state index contributed by atoms with van der Waals surface area (Å²) in [4.78, 5) is 2.64. The Bertz CT molecular complexity index is 445. The van der Waals surface area contributed by atoms with Gasteiger partial charge in [-0.2, -0.15) is 0 Å². The first-order valence-corrected chi connectivity index (χ1v) is 12.3. The van der Waals surface area contributed by atoms with Crippen LogP contribution in [0.4, 0.5) is 0 Å². The van der Waals surface area contributed by atoms with Crippen molar-refractivity contribution in [3.63, 3.8) is 0 Å². The smallest absolute Gasteiger partial charge is 0.0238 e. The summed E-state index contributed by atoms with van der Waals surface area (Å²) in [5, 5.41) is 0. The van der Waals surface area contributed by atoms with Crippen LogP contribution in [0.3, 0.4) is 0 Å². The summed E-state index contributed by atoms with van der Waals surface area (Å²) in [6, 6.07) is 10.9. The molecule has 0 spiro atoms. The highest BCUT2D eigenvalue weighted by atomic mass is 15.2. The van der Waals surface area contributed by atoms with Gasteiger partial charge in [0.2, 0.25) is 0 Å². The minimum Gasteiger partial charge on any atom is -0.294 e. The lowest BCUT2D eigenvalue weighted by molar-refractivity contribution is 0.124. The molecule has 162 valence electrons. The lowest BCUT2D eigenvalue weighted by atomic mass is 10.0. The number of hydrogen-bond donors (Lipinski definition) is 0. The molecule has 0 atom stereocenters. The van der Waals surface area contributed by atoms with Gasteiger partial charge in [-0.3, -0.25) is 4.90 Å². The molecule has 0 saturated heterocycles. The van der Waals surface area contributed by atoms with Gasteiger partial charge in [0, 0.05) is 12.1 Å². The molecule has 0 amide bonds. The van der Waals surface area contributed by atoms with Crippen LogP contribution < -0.4 is 0 Å². The summed E-state index contributed by atoms with van der Waals surface area (Å²) in [6.07, 6.45) is 20.0. The van der Waals surface area contributed by atoms with Crippen molar-refractivity contribution >= 4 is 0 Å². The Morgan fingerprint density at radius 1 is 0.607 bits per heavy atom. The van der Waals surface area contributed by atoms with Crippen LogP contribution in [-0.2, 0) is 6.54 Å². The molecule has 1 rings (SSSR count). The van der Waals surface area contributed by atoms with Gasteiger partial charge in [-0.15, -0.1) is 0 Å². The Kier molecular flexibility index (Phi) is 14.4. The molecule has 1 nitrogen and oxygen atoms in total. The van der Waals surface area contributed by atoms with E-state index in [0.717, 1.165) is 6.54 Å². The Morgan fingerprint density at radius 2 is 1.04 bits per heavy atom. The van der Waals surface area contributed by atoms with Gasteiger partial charge in [-0.1, -0.05) is 121 Å². The summed E-state index contributed by atoms with van der Waals surface area (Å²) in [5.41, 5.74) is 1.68. The number of unbranched alkanes of at least 4 members (excludes halogenated alkanes) is 13. The fourth-order valence-corrected chi connectivity index (χ4v) is 3.95. The van der Waals surface area contributed by atoms with Gasteiger partial charge in [-0.05, 0) is 39.3 Å². The van der Waals surface area contributed by atoms with Gasteiger partial charge >= 0.3 is 0 Å². The van der Waals surface area contributed by atoms with Crippen LogP contribution in [0.5, 0.6) is 0 Å². The molecule has 0 radical (unpaired) electrons. The standard InChI is InChI=1S/C27H49N/c1-5-6-7-8-9-10-11-12-13-14-15-16-17-21-24-28(27(2,3)4)25-26-22-19-18-20-23-26/h18-20,22-23H,5-17,21,24-25H2,1-4H3. The van der Waals surface area contributed by atoms with E-state index in [0.29, 0.717) is 0 Å². The largest absolute Gasteiger partial charge is 0.294 e. The maximum atomic E-state index is 2.64. The summed E-state index contributed by atoms with van der Waals surface area (Å²) < 4.78 is 0. The summed E-state index contributed by atoms with van der Waals surface area (Å²) >= 11 is 0. The van der Waals surface area contributed by atoms with Gasteiger partial charge < -0.3 is 0 Å². The molecule has 28 heavy (non-hydrogen) atoms. The Hall–Kier alpha value is -0.820. The van der Waals surface area contributed by atoms with Crippen LogP contribution in [0.25, 0.3) is 0 Å². The average Bonchev–Trinajstić information content (AvgIpc) is 2.67. The molecule has 0 unspecified atom stereocenters. The quantitative estimate of drug-likeness (QED) is 0.241. The van der Waals surface area contributed by atoms with Gasteiger partial charge in [-0.25, -0.2) is 0 Å². The molecule has 1 aromatic rings. The lowest BCUT2D eigenvalue weighted by Crippen LogP contribution is -2.41. The zero-order valence-electron chi connectivity index (χ0n) is 19.6. The highest BCUT2D eigenvalue weighted by Crippen LogP contribution is 2.19. The maximum Gasteiger partial charge on any atom is 0.0238 e. The van der Waals surface area contributed by atoms with E-state index in [9.17, 15) is 0 Å². The molecule has 0 aromatic heterocycles. The Balaban J connectivity index is 2.00. The minimum atomic E-state index is 0.242. The summed E-state index contributed by atoms with van der Waals surface area (Å²) in [6.45, 7) is 11.6. The molecule has 1 aromatic carbocycles. The number of hydrogen-bond acceptors (Lipinski definition) is 1. The van der Waals surface area contributed by atoms with Crippen LogP contribution >= 0.6 is 0 Å². The molecule has 0 fully saturated rings. The zero-order valence-corrected chi connectivity index (χ0v) is 19.6. The SMILES string of the molecule is CCCCCCCCCCCCCCCCN(Cc1ccccc1)C(C)(C)C. The topological polar surface area (TPSA) is 3.24 Å².